The van der Waals surface area contributed by atoms with E-state index in [0.717, 1.165) is 12.1 Å². The Balaban J connectivity index is 2.73. The van der Waals surface area contributed by atoms with Gasteiger partial charge < -0.3 is 5.32 Å². The summed E-state index contributed by atoms with van der Waals surface area (Å²) in [6.07, 6.45) is 3.55. The Morgan fingerprint density at radius 3 is 2.55 bits per heavy atom. The molecular weight excluding hydrogens is 294 g/mol. The molecule has 114 valence electrons. The monoisotopic (exact) mass is 317 g/mol. The van der Waals surface area contributed by atoms with Crippen LogP contribution in [0.2, 0.25) is 0 Å². The Hall–Kier alpha value is -0.630. The first kappa shape index (κ1) is 17.4. The lowest BCUT2D eigenvalue weighted by molar-refractivity contribution is 0.567. The van der Waals surface area contributed by atoms with Crippen LogP contribution in [0.5, 0.6) is 0 Å². The third-order valence-electron chi connectivity index (χ3n) is 2.89. The van der Waals surface area contributed by atoms with Crippen LogP contribution in [0.4, 0.5) is 0 Å². The first-order valence-corrected chi connectivity index (χ1v) is 9.22. The summed E-state index contributed by atoms with van der Waals surface area (Å²) in [4.78, 5) is 4.03. The van der Waals surface area contributed by atoms with Crippen molar-refractivity contribution >= 4 is 21.8 Å². The first-order valence-electron chi connectivity index (χ1n) is 6.51. The standard InChI is InChI=1S/C13H23N3O2S2/c1-5-14-8-11-6-7-12(15-9-11)20(17,18)16-10-13(2,3)19-4/h6-7,9,14,16H,5,8,10H2,1-4H3. The molecule has 0 radical (unpaired) electrons. The molecule has 0 aliphatic rings. The van der Waals surface area contributed by atoms with Gasteiger partial charge in [0.05, 0.1) is 0 Å². The molecule has 0 aromatic carbocycles. The molecule has 7 heteroatoms. The predicted molar refractivity (Wildman–Crippen MR) is 84.4 cm³/mol. The van der Waals surface area contributed by atoms with Crippen molar-refractivity contribution in [2.45, 2.75) is 37.1 Å². The molecule has 1 aromatic rings. The zero-order chi connectivity index (χ0) is 15.2. The van der Waals surface area contributed by atoms with E-state index in [2.05, 4.69) is 15.0 Å². The van der Waals surface area contributed by atoms with Gasteiger partial charge in [-0.3, -0.25) is 0 Å². The molecule has 0 bridgehead atoms. The number of hydrogen-bond donors (Lipinski definition) is 2. The highest BCUT2D eigenvalue weighted by atomic mass is 32.2. The van der Waals surface area contributed by atoms with E-state index in [1.807, 2.05) is 27.0 Å². The summed E-state index contributed by atoms with van der Waals surface area (Å²) in [5.74, 6) is 0. The number of nitrogens with zero attached hydrogens (tertiary/aromatic N) is 1. The summed E-state index contributed by atoms with van der Waals surface area (Å²) in [5.41, 5.74) is 0.968. The van der Waals surface area contributed by atoms with Crippen LogP contribution in [0.3, 0.4) is 0 Å². The van der Waals surface area contributed by atoms with E-state index in [4.69, 9.17) is 0 Å². The van der Waals surface area contributed by atoms with E-state index in [-0.39, 0.29) is 9.77 Å². The molecule has 0 fully saturated rings. The second-order valence-electron chi connectivity index (χ2n) is 5.07. The molecule has 0 unspecified atom stereocenters. The van der Waals surface area contributed by atoms with Crippen molar-refractivity contribution in [1.29, 1.82) is 0 Å². The van der Waals surface area contributed by atoms with Crippen LogP contribution in [-0.2, 0) is 16.6 Å². The topological polar surface area (TPSA) is 71.1 Å². The first-order chi connectivity index (χ1) is 9.30. The molecule has 0 aliphatic heterocycles. The minimum Gasteiger partial charge on any atom is -0.313 e. The Labute approximate surface area is 126 Å². The second kappa shape index (κ2) is 7.40. The van der Waals surface area contributed by atoms with Crippen molar-refractivity contribution in [1.82, 2.24) is 15.0 Å². The van der Waals surface area contributed by atoms with Gasteiger partial charge in [0.15, 0.2) is 5.03 Å². The highest BCUT2D eigenvalue weighted by Gasteiger charge is 2.22. The number of pyridine rings is 1. The fraction of sp³-hybridized carbons (Fsp3) is 0.615. The number of nitrogens with one attached hydrogen (secondary N) is 2. The number of hydrogen-bond acceptors (Lipinski definition) is 5. The minimum atomic E-state index is -3.54. The zero-order valence-corrected chi connectivity index (χ0v) is 14.1. The third kappa shape index (κ3) is 5.40. The highest BCUT2D eigenvalue weighted by Crippen LogP contribution is 2.20. The molecule has 1 heterocycles. The lowest BCUT2D eigenvalue weighted by Crippen LogP contribution is -2.36. The number of thioether (sulfide) groups is 1. The summed E-state index contributed by atoms with van der Waals surface area (Å²) in [7, 11) is -3.54. The Morgan fingerprint density at radius 2 is 2.05 bits per heavy atom. The smallest absolute Gasteiger partial charge is 0.258 e. The van der Waals surface area contributed by atoms with Gasteiger partial charge in [0.25, 0.3) is 10.0 Å². The van der Waals surface area contributed by atoms with Gasteiger partial charge in [0.1, 0.15) is 0 Å². The molecule has 0 saturated carbocycles. The van der Waals surface area contributed by atoms with E-state index < -0.39 is 10.0 Å². The van der Waals surface area contributed by atoms with Gasteiger partial charge in [-0.1, -0.05) is 13.0 Å². The molecule has 2 N–H and O–H groups in total. The summed E-state index contributed by atoms with van der Waals surface area (Å²) in [5, 5.41) is 3.23. The van der Waals surface area contributed by atoms with Crippen molar-refractivity contribution in [2.24, 2.45) is 0 Å². The molecule has 1 aromatic heterocycles. The number of sulfonamides is 1. The number of aromatic nitrogens is 1. The van der Waals surface area contributed by atoms with Gasteiger partial charge in [-0.25, -0.2) is 18.1 Å². The molecule has 0 saturated heterocycles. The molecule has 5 nitrogen and oxygen atoms in total. The van der Waals surface area contributed by atoms with Crippen LogP contribution >= 0.6 is 11.8 Å². The predicted octanol–water partition coefficient (Wildman–Crippen LogP) is 1.61. The lowest BCUT2D eigenvalue weighted by Gasteiger charge is -2.21. The maximum absolute atomic E-state index is 12.1. The summed E-state index contributed by atoms with van der Waals surface area (Å²) in [6.45, 7) is 7.93. The molecule has 0 atom stereocenters. The van der Waals surface area contributed by atoms with E-state index in [1.165, 1.54) is 0 Å². The van der Waals surface area contributed by atoms with Crippen molar-refractivity contribution in [3.05, 3.63) is 23.9 Å². The van der Waals surface area contributed by atoms with Crippen LogP contribution in [0.15, 0.2) is 23.4 Å². The highest BCUT2D eigenvalue weighted by molar-refractivity contribution is 8.00. The quantitative estimate of drug-likeness (QED) is 0.762. The van der Waals surface area contributed by atoms with Gasteiger partial charge in [-0.05, 0) is 38.3 Å². The van der Waals surface area contributed by atoms with Gasteiger partial charge >= 0.3 is 0 Å². The summed E-state index contributed by atoms with van der Waals surface area (Å²) in [6, 6.07) is 3.32. The van der Waals surface area contributed by atoms with Crippen molar-refractivity contribution < 1.29 is 8.42 Å². The van der Waals surface area contributed by atoms with Gasteiger partial charge in [0.2, 0.25) is 0 Å². The Morgan fingerprint density at radius 1 is 1.35 bits per heavy atom. The minimum absolute atomic E-state index is 0.0645. The van der Waals surface area contributed by atoms with Crippen molar-refractivity contribution in [3.63, 3.8) is 0 Å². The average molecular weight is 317 g/mol. The Bertz CT molecular complexity index is 513. The number of rotatable bonds is 8. The van der Waals surface area contributed by atoms with E-state index in [1.54, 1.807) is 30.1 Å². The Kier molecular flexibility index (Phi) is 6.44. The van der Waals surface area contributed by atoms with Crippen molar-refractivity contribution in [2.75, 3.05) is 19.3 Å². The fourth-order valence-corrected chi connectivity index (χ4v) is 2.80. The second-order valence-corrected chi connectivity index (χ2v) is 8.30. The van der Waals surface area contributed by atoms with Crippen molar-refractivity contribution in [3.8, 4) is 0 Å². The average Bonchev–Trinajstić information content (AvgIpc) is 2.44. The van der Waals surface area contributed by atoms with E-state index in [0.29, 0.717) is 13.1 Å². The summed E-state index contributed by atoms with van der Waals surface area (Å²) < 4.78 is 26.7. The largest absolute Gasteiger partial charge is 0.313 e. The van der Waals surface area contributed by atoms with Crippen LogP contribution < -0.4 is 10.0 Å². The molecule has 1 rings (SSSR count). The zero-order valence-electron chi connectivity index (χ0n) is 12.4. The van der Waals surface area contributed by atoms with Crippen LogP contribution in [0.1, 0.15) is 26.3 Å². The van der Waals surface area contributed by atoms with Crippen LogP contribution in [0, 0.1) is 0 Å². The van der Waals surface area contributed by atoms with Crippen LogP contribution in [0.25, 0.3) is 0 Å². The van der Waals surface area contributed by atoms with Gasteiger partial charge in [-0.2, -0.15) is 11.8 Å². The molecular formula is C13H23N3O2S2. The van der Waals surface area contributed by atoms with E-state index in [9.17, 15) is 8.42 Å². The third-order valence-corrected chi connectivity index (χ3v) is 5.46. The summed E-state index contributed by atoms with van der Waals surface area (Å²) >= 11 is 1.62. The van der Waals surface area contributed by atoms with E-state index >= 15 is 0 Å². The normalized spacial score (nSPS) is 12.6. The SMILES string of the molecule is CCNCc1ccc(S(=O)(=O)NCC(C)(C)SC)nc1. The van der Waals surface area contributed by atoms with Gasteiger partial charge in [0, 0.05) is 24.0 Å². The maximum atomic E-state index is 12.1. The van der Waals surface area contributed by atoms with Gasteiger partial charge in [-0.15, -0.1) is 0 Å². The molecule has 0 spiro atoms. The molecule has 20 heavy (non-hydrogen) atoms. The lowest BCUT2D eigenvalue weighted by atomic mass is 10.2. The molecule has 0 amide bonds. The molecule has 0 aliphatic carbocycles. The maximum Gasteiger partial charge on any atom is 0.258 e. The van der Waals surface area contributed by atoms with Crippen LogP contribution in [-0.4, -0.2) is 37.5 Å². The fourth-order valence-electron chi connectivity index (χ4n) is 1.36.